The van der Waals surface area contributed by atoms with Crippen LogP contribution in [0.1, 0.15) is 39.2 Å². The van der Waals surface area contributed by atoms with Crippen molar-refractivity contribution in [1.29, 1.82) is 0 Å². The third-order valence-corrected chi connectivity index (χ3v) is 7.27. The van der Waals surface area contributed by atoms with Crippen LogP contribution in [-0.4, -0.2) is 62.2 Å². The molecule has 0 aliphatic rings. The summed E-state index contributed by atoms with van der Waals surface area (Å²) in [6.07, 6.45) is 0.437. The van der Waals surface area contributed by atoms with Crippen LogP contribution in [0.3, 0.4) is 0 Å². The molecule has 2 aromatic rings. The van der Waals surface area contributed by atoms with Crippen LogP contribution in [0.15, 0.2) is 59.5 Å². The van der Waals surface area contributed by atoms with Crippen molar-refractivity contribution in [2.75, 3.05) is 20.7 Å². The summed E-state index contributed by atoms with van der Waals surface area (Å²) in [7, 11) is -0.557. The predicted octanol–water partition coefficient (Wildman–Crippen LogP) is 3.04. The Bertz CT molecular complexity index is 1060. The molecule has 0 bridgehead atoms. The monoisotopic (exact) mass is 489 g/mol. The Morgan fingerprint density at radius 3 is 2.32 bits per heavy atom. The first-order chi connectivity index (χ1) is 16.1. The molecule has 0 saturated carbocycles. The maximum absolute atomic E-state index is 13.2. The van der Waals surface area contributed by atoms with Gasteiger partial charge in [0.25, 0.3) is 0 Å². The topological polar surface area (TPSA) is 96.0 Å². The van der Waals surface area contributed by atoms with E-state index >= 15 is 0 Å². The Hall–Kier alpha value is -2.91. The second kappa shape index (κ2) is 12.5. The van der Waals surface area contributed by atoms with Gasteiger partial charge < -0.3 is 15.0 Å². The highest BCUT2D eigenvalue weighted by Gasteiger charge is 2.27. The maximum Gasteiger partial charge on any atom is 0.242 e. The van der Waals surface area contributed by atoms with Crippen LogP contribution in [0.2, 0.25) is 0 Å². The van der Waals surface area contributed by atoms with E-state index in [1.165, 1.54) is 16.3 Å². The number of methoxy groups -OCH3 is 1. The van der Waals surface area contributed by atoms with Crippen LogP contribution < -0.4 is 10.1 Å². The predicted molar refractivity (Wildman–Crippen MR) is 132 cm³/mol. The van der Waals surface area contributed by atoms with Gasteiger partial charge in [0, 0.05) is 32.6 Å². The molecule has 1 atom stereocenters. The molecule has 0 radical (unpaired) electrons. The second-order valence-electron chi connectivity index (χ2n) is 8.46. The Balaban J connectivity index is 2.10. The highest BCUT2D eigenvalue weighted by atomic mass is 32.2. The molecule has 2 amide bonds. The zero-order valence-electron chi connectivity index (χ0n) is 20.5. The number of amides is 2. The molecule has 9 heteroatoms. The van der Waals surface area contributed by atoms with E-state index in [-0.39, 0.29) is 42.3 Å². The third kappa shape index (κ3) is 7.56. The summed E-state index contributed by atoms with van der Waals surface area (Å²) < 4.78 is 31.9. The van der Waals surface area contributed by atoms with Gasteiger partial charge in [0.2, 0.25) is 21.8 Å². The van der Waals surface area contributed by atoms with Gasteiger partial charge >= 0.3 is 0 Å². The number of nitrogens with one attached hydrogen (secondary N) is 1. The number of carbonyl (C=O) groups is 2. The van der Waals surface area contributed by atoms with Crippen LogP contribution in [-0.2, 0) is 26.2 Å². The summed E-state index contributed by atoms with van der Waals surface area (Å²) in [4.78, 5) is 27.6. The maximum atomic E-state index is 13.2. The normalized spacial score (nSPS) is 12.4. The lowest BCUT2D eigenvalue weighted by Crippen LogP contribution is -2.49. The summed E-state index contributed by atoms with van der Waals surface area (Å²) in [5.41, 5.74) is 0.834. The molecule has 0 fully saturated rings. The average Bonchev–Trinajstić information content (AvgIpc) is 2.82. The van der Waals surface area contributed by atoms with E-state index in [9.17, 15) is 18.0 Å². The quantitative estimate of drug-likeness (QED) is 0.494. The minimum absolute atomic E-state index is 0.0550. The van der Waals surface area contributed by atoms with Gasteiger partial charge in [0.15, 0.2) is 0 Å². The van der Waals surface area contributed by atoms with E-state index in [2.05, 4.69) is 5.32 Å². The fraction of sp³-hybridized carbons (Fsp3) is 0.440. The van der Waals surface area contributed by atoms with E-state index in [0.29, 0.717) is 12.2 Å². The summed E-state index contributed by atoms with van der Waals surface area (Å²) >= 11 is 0. The SMILES string of the molecule is COc1cccc(CN(C(=O)CCCN(C)S(=O)(=O)c2ccccc2)C(C)C(=O)NC(C)C)c1. The Morgan fingerprint density at radius 2 is 1.71 bits per heavy atom. The van der Waals surface area contributed by atoms with Crippen LogP contribution in [0.25, 0.3) is 0 Å². The lowest BCUT2D eigenvalue weighted by molar-refractivity contribution is -0.140. The number of benzene rings is 2. The molecule has 2 rings (SSSR count). The summed E-state index contributed by atoms with van der Waals surface area (Å²) in [6, 6.07) is 14.8. The molecule has 1 unspecified atom stereocenters. The number of rotatable bonds is 12. The minimum atomic E-state index is -3.63. The van der Waals surface area contributed by atoms with Crippen molar-refractivity contribution in [2.24, 2.45) is 0 Å². The molecule has 2 aromatic carbocycles. The van der Waals surface area contributed by atoms with E-state index in [1.807, 2.05) is 38.1 Å². The lowest BCUT2D eigenvalue weighted by Gasteiger charge is -2.29. The van der Waals surface area contributed by atoms with Crippen LogP contribution in [0, 0.1) is 0 Å². The fourth-order valence-electron chi connectivity index (χ4n) is 3.44. The van der Waals surface area contributed by atoms with Crippen molar-refractivity contribution in [1.82, 2.24) is 14.5 Å². The van der Waals surface area contributed by atoms with Crippen LogP contribution in [0.5, 0.6) is 5.75 Å². The van der Waals surface area contributed by atoms with Crippen molar-refractivity contribution >= 4 is 21.8 Å². The number of carbonyl (C=O) groups excluding carboxylic acids is 2. The van der Waals surface area contributed by atoms with Crippen LogP contribution in [0.4, 0.5) is 0 Å². The van der Waals surface area contributed by atoms with E-state index in [1.54, 1.807) is 44.4 Å². The van der Waals surface area contributed by atoms with Gasteiger partial charge in [0.05, 0.1) is 12.0 Å². The van der Waals surface area contributed by atoms with Gasteiger partial charge in [-0.05, 0) is 57.0 Å². The number of nitrogens with zero attached hydrogens (tertiary/aromatic N) is 2. The molecule has 8 nitrogen and oxygen atoms in total. The molecule has 186 valence electrons. The Morgan fingerprint density at radius 1 is 1.03 bits per heavy atom. The molecule has 0 aliphatic heterocycles. The smallest absolute Gasteiger partial charge is 0.242 e. The number of hydrogen-bond acceptors (Lipinski definition) is 5. The summed E-state index contributed by atoms with van der Waals surface area (Å²) in [6.45, 7) is 5.84. The number of ether oxygens (including phenoxy) is 1. The van der Waals surface area contributed by atoms with Gasteiger partial charge in [-0.3, -0.25) is 9.59 Å². The van der Waals surface area contributed by atoms with Crippen molar-refractivity contribution in [3.63, 3.8) is 0 Å². The minimum Gasteiger partial charge on any atom is -0.497 e. The largest absolute Gasteiger partial charge is 0.497 e. The van der Waals surface area contributed by atoms with Crippen molar-refractivity contribution in [3.8, 4) is 5.75 Å². The molecule has 34 heavy (non-hydrogen) atoms. The Labute approximate surface area is 202 Å². The van der Waals surface area contributed by atoms with Crippen LogP contribution >= 0.6 is 0 Å². The summed E-state index contributed by atoms with van der Waals surface area (Å²) in [5, 5.41) is 2.85. The Kier molecular flexibility index (Phi) is 10.1. The highest BCUT2D eigenvalue weighted by Crippen LogP contribution is 2.18. The molecule has 0 saturated heterocycles. The molecule has 1 N–H and O–H groups in total. The van der Waals surface area contributed by atoms with Gasteiger partial charge in [-0.1, -0.05) is 30.3 Å². The first-order valence-corrected chi connectivity index (χ1v) is 12.7. The number of sulfonamides is 1. The summed E-state index contributed by atoms with van der Waals surface area (Å²) in [5.74, 6) is 0.201. The zero-order chi connectivity index (χ0) is 25.3. The molecule has 0 aliphatic carbocycles. The first-order valence-electron chi connectivity index (χ1n) is 11.3. The second-order valence-corrected chi connectivity index (χ2v) is 10.5. The van der Waals surface area contributed by atoms with Gasteiger partial charge in [-0.25, -0.2) is 12.7 Å². The van der Waals surface area contributed by atoms with Gasteiger partial charge in [0.1, 0.15) is 11.8 Å². The first kappa shape index (κ1) is 27.3. The molecule has 0 aromatic heterocycles. The molecule has 0 spiro atoms. The van der Waals surface area contributed by atoms with E-state index in [0.717, 1.165) is 5.56 Å². The molecular formula is C25H35N3O5S. The van der Waals surface area contributed by atoms with Crippen molar-refractivity contribution in [2.45, 2.75) is 57.1 Å². The van der Waals surface area contributed by atoms with Crippen molar-refractivity contribution in [3.05, 3.63) is 60.2 Å². The molecular weight excluding hydrogens is 454 g/mol. The van der Waals surface area contributed by atoms with Crippen molar-refractivity contribution < 1.29 is 22.7 Å². The van der Waals surface area contributed by atoms with Gasteiger partial charge in [-0.15, -0.1) is 0 Å². The van der Waals surface area contributed by atoms with E-state index in [4.69, 9.17) is 4.74 Å². The molecule has 0 heterocycles. The zero-order valence-corrected chi connectivity index (χ0v) is 21.3. The average molecular weight is 490 g/mol. The van der Waals surface area contributed by atoms with E-state index < -0.39 is 16.1 Å². The lowest BCUT2D eigenvalue weighted by atomic mass is 10.1. The fourth-order valence-corrected chi connectivity index (χ4v) is 4.67. The highest BCUT2D eigenvalue weighted by molar-refractivity contribution is 7.89. The standard InChI is InChI=1S/C25H35N3O5S/c1-19(2)26-25(30)20(3)28(18-21-11-9-12-22(17-21)33-5)24(29)15-10-16-27(4)34(31,32)23-13-7-6-8-14-23/h6-9,11-14,17,19-20H,10,15-16,18H2,1-5H3,(H,26,30). The van der Waals surface area contributed by atoms with Gasteiger partial charge in [-0.2, -0.15) is 0 Å². The third-order valence-electron chi connectivity index (χ3n) is 5.40. The number of hydrogen-bond donors (Lipinski definition) is 1.